The molecule has 0 aromatic heterocycles. The van der Waals surface area contributed by atoms with E-state index in [1.807, 2.05) is 37.3 Å². The number of allylic oxidation sites excluding steroid dienone is 1. The van der Waals surface area contributed by atoms with E-state index in [1.165, 1.54) is 0 Å². The molecule has 0 aliphatic carbocycles. The summed E-state index contributed by atoms with van der Waals surface area (Å²) in [4.78, 5) is 0. The predicted molar refractivity (Wildman–Crippen MR) is 71.7 cm³/mol. The Morgan fingerprint density at radius 3 is 2.50 bits per heavy atom. The average Bonchev–Trinajstić information content (AvgIpc) is 2.19. The SMILES string of the molecule is CC=C[SiH2]C[Si](Cl)(Cl)c1ccccc1. The highest BCUT2D eigenvalue weighted by atomic mass is 35.7. The van der Waals surface area contributed by atoms with Crippen molar-refractivity contribution < 1.29 is 0 Å². The van der Waals surface area contributed by atoms with Gasteiger partial charge in [-0.3, -0.25) is 0 Å². The minimum Gasteiger partial charge on any atom is -0.140 e. The quantitative estimate of drug-likeness (QED) is 0.577. The zero-order valence-electron chi connectivity index (χ0n) is 8.21. The summed E-state index contributed by atoms with van der Waals surface area (Å²) in [6, 6.07) is 10.1. The molecule has 1 aromatic carbocycles. The summed E-state index contributed by atoms with van der Waals surface area (Å²) in [5.74, 6) is 0. The van der Waals surface area contributed by atoms with E-state index >= 15 is 0 Å². The lowest BCUT2D eigenvalue weighted by molar-refractivity contribution is 1.74. The summed E-state index contributed by atoms with van der Waals surface area (Å²) in [5, 5.41) is 1.14. The molecule has 0 bridgehead atoms. The number of benzene rings is 1. The first kappa shape index (κ1) is 12.0. The van der Waals surface area contributed by atoms with Crippen LogP contribution in [0, 0.1) is 0 Å². The Bertz CT molecular complexity index is 296. The average molecular weight is 261 g/mol. The fraction of sp³-hybridized carbons (Fsp3) is 0.200. The van der Waals surface area contributed by atoms with Gasteiger partial charge in [-0.15, -0.1) is 27.9 Å². The Hall–Kier alpha value is -0.0262. The van der Waals surface area contributed by atoms with Gasteiger partial charge in [0.25, 0.3) is 6.69 Å². The minimum atomic E-state index is -2.16. The van der Waals surface area contributed by atoms with Gasteiger partial charge in [-0.25, -0.2) is 0 Å². The zero-order chi connectivity index (χ0) is 10.4. The molecule has 0 nitrogen and oxygen atoms in total. The molecule has 0 unspecified atom stereocenters. The molecular weight excluding hydrogens is 247 g/mol. The third-order valence-corrected chi connectivity index (χ3v) is 12.4. The lowest BCUT2D eigenvalue weighted by Gasteiger charge is -2.15. The monoisotopic (exact) mass is 260 g/mol. The first-order valence-corrected chi connectivity index (χ1v) is 10.8. The van der Waals surface area contributed by atoms with Gasteiger partial charge >= 0.3 is 0 Å². The standard InChI is InChI=1S/C10H14Cl2Si2/c1-2-8-13-9-14(11,12)10-6-4-3-5-7-10/h2-8H,9,13H2,1H3. The lowest BCUT2D eigenvalue weighted by atomic mass is 10.4. The normalized spacial score (nSPS) is 13.1. The Labute approximate surface area is 98.2 Å². The van der Waals surface area contributed by atoms with Crippen molar-refractivity contribution in [3.8, 4) is 0 Å². The van der Waals surface area contributed by atoms with E-state index in [1.54, 1.807) is 0 Å². The number of hydrogen-bond donors (Lipinski definition) is 0. The first-order valence-electron chi connectivity index (χ1n) is 4.71. The summed E-state index contributed by atoms with van der Waals surface area (Å²) in [6.07, 6.45) is 2.09. The molecule has 4 heteroatoms. The smallest absolute Gasteiger partial charge is 0.140 e. The third kappa shape index (κ3) is 3.61. The number of halogens is 2. The van der Waals surface area contributed by atoms with Crippen molar-refractivity contribution in [2.45, 2.75) is 12.6 Å². The molecule has 0 spiro atoms. The van der Waals surface area contributed by atoms with E-state index < -0.39 is 6.69 Å². The Balaban J connectivity index is 2.65. The van der Waals surface area contributed by atoms with E-state index in [9.17, 15) is 0 Å². The minimum absolute atomic E-state index is 0.219. The van der Waals surface area contributed by atoms with Gasteiger partial charge in [0, 0.05) is 9.52 Å². The lowest BCUT2D eigenvalue weighted by Crippen LogP contribution is -2.37. The summed E-state index contributed by atoms with van der Waals surface area (Å²) in [7, 11) is -0.219. The van der Waals surface area contributed by atoms with Crippen LogP contribution in [0.4, 0.5) is 0 Å². The Morgan fingerprint density at radius 2 is 1.93 bits per heavy atom. The van der Waals surface area contributed by atoms with Crippen molar-refractivity contribution in [1.29, 1.82) is 0 Å². The molecule has 0 amide bonds. The molecule has 0 N–H and O–H groups in total. The van der Waals surface area contributed by atoms with Gasteiger partial charge in [0.15, 0.2) is 0 Å². The van der Waals surface area contributed by atoms with E-state index in [-0.39, 0.29) is 9.52 Å². The molecule has 0 aliphatic heterocycles. The van der Waals surface area contributed by atoms with Gasteiger partial charge in [-0.1, -0.05) is 36.4 Å². The van der Waals surface area contributed by atoms with Crippen LogP contribution in [0.3, 0.4) is 0 Å². The highest BCUT2D eigenvalue weighted by molar-refractivity contribution is 7.52. The fourth-order valence-electron chi connectivity index (χ4n) is 1.26. The summed E-state index contributed by atoms with van der Waals surface area (Å²) in [6.45, 7) is -0.119. The van der Waals surface area contributed by atoms with Crippen molar-refractivity contribution in [2.75, 3.05) is 0 Å². The van der Waals surface area contributed by atoms with E-state index in [4.69, 9.17) is 22.2 Å². The molecule has 0 heterocycles. The van der Waals surface area contributed by atoms with Crippen molar-refractivity contribution in [3.63, 3.8) is 0 Å². The van der Waals surface area contributed by atoms with Crippen molar-refractivity contribution in [2.24, 2.45) is 0 Å². The molecule has 76 valence electrons. The molecule has 0 aliphatic rings. The molecule has 0 saturated heterocycles. The largest absolute Gasteiger partial charge is 0.278 e. The zero-order valence-corrected chi connectivity index (χ0v) is 12.1. The second-order valence-corrected chi connectivity index (χ2v) is 12.7. The van der Waals surface area contributed by atoms with Crippen LogP contribution in [0.1, 0.15) is 6.92 Å². The van der Waals surface area contributed by atoms with E-state index in [0.717, 1.165) is 10.9 Å². The van der Waals surface area contributed by atoms with Gasteiger partial charge < -0.3 is 0 Å². The fourth-order valence-corrected chi connectivity index (χ4v) is 8.26. The topological polar surface area (TPSA) is 0 Å². The highest BCUT2D eigenvalue weighted by Gasteiger charge is 2.29. The summed E-state index contributed by atoms with van der Waals surface area (Å²) in [5.41, 5.74) is 3.26. The summed E-state index contributed by atoms with van der Waals surface area (Å²) < 4.78 is 0. The van der Waals surface area contributed by atoms with Crippen LogP contribution in [-0.2, 0) is 0 Å². The summed E-state index contributed by atoms with van der Waals surface area (Å²) >= 11 is 12.8. The second kappa shape index (κ2) is 5.76. The molecule has 0 saturated carbocycles. The van der Waals surface area contributed by atoms with Crippen LogP contribution in [-0.4, -0.2) is 16.2 Å². The third-order valence-electron chi connectivity index (χ3n) is 2.06. The van der Waals surface area contributed by atoms with Crippen LogP contribution in [0.25, 0.3) is 0 Å². The van der Waals surface area contributed by atoms with Gasteiger partial charge in [0.2, 0.25) is 0 Å². The number of rotatable bonds is 4. The number of hydrogen-bond acceptors (Lipinski definition) is 0. The molecule has 0 fully saturated rings. The van der Waals surface area contributed by atoms with E-state index in [0.29, 0.717) is 0 Å². The van der Waals surface area contributed by atoms with Crippen LogP contribution in [0.2, 0.25) is 5.67 Å². The van der Waals surface area contributed by atoms with Crippen molar-refractivity contribution >= 4 is 43.6 Å². The maximum atomic E-state index is 6.40. The van der Waals surface area contributed by atoms with Crippen LogP contribution >= 0.6 is 22.2 Å². The van der Waals surface area contributed by atoms with Gasteiger partial charge in [-0.05, 0) is 17.8 Å². The second-order valence-electron chi connectivity index (χ2n) is 3.18. The van der Waals surface area contributed by atoms with Crippen LogP contribution in [0.15, 0.2) is 42.1 Å². The predicted octanol–water partition coefficient (Wildman–Crippen LogP) is 2.47. The first-order chi connectivity index (χ1) is 6.67. The van der Waals surface area contributed by atoms with E-state index in [2.05, 4.69) is 11.8 Å². The maximum absolute atomic E-state index is 6.40. The van der Waals surface area contributed by atoms with Crippen molar-refractivity contribution in [1.82, 2.24) is 0 Å². The van der Waals surface area contributed by atoms with Gasteiger partial charge in [0.1, 0.15) is 0 Å². The molecule has 1 rings (SSSR count). The molecule has 14 heavy (non-hydrogen) atoms. The Kier molecular flexibility index (Phi) is 4.95. The van der Waals surface area contributed by atoms with Crippen LogP contribution in [0.5, 0.6) is 0 Å². The Morgan fingerprint density at radius 1 is 1.29 bits per heavy atom. The maximum Gasteiger partial charge on any atom is 0.278 e. The highest BCUT2D eigenvalue weighted by Crippen LogP contribution is 2.19. The van der Waals surface area contributed by atoms with Crippen LogP contribution < -0.4 is 5.19 Å². The molecule has 0 atom stereocenters. The van der Waals surface area contributed by atoms with Crippen molar-refractivity contribution in [3.05, 3.63) is 42.1 Å². The molecule has 0 radical (unpaired) electrons. The molecule has 1 aromatic rings. The molecular formula is C10H14Cl2Si2. The van der Waals surface area contributed by atoms with Gasteiger partial charge in [0.05, 0.1) is 0 Å². The van der Waals surface area contributed by atoms with Gasteiger partial charge in [-0.2, -0.15) is 0 Å².